The molecule has 1 N–H and O–H groups in total. The van der Waals surface area contributed by atoms with E-state index in [9.17, 15) is 43.7 Å². The van der Waals surface area contributed by atoms with Crippen molar-refractivity contribution in [2.45, 2.75) is 48.3 Å². The maximum absolute atomic E-state index is 12.2. The summed E-state index contributed by atoms with van der Waals surface area (Å²) in [6, 6.07) is 10.1. The highest BCUT2D eigenvalue weighted by molar-refractivity contribution is 14.1. The zero-order valence-corrected chi connectivity index (χ0v) is 33.9. The summed E-state index contributed by atoms with van der Waals surface area (Å²) < 4.78 is 110. The van der Waals surface area contributed by atoms with E-state index in [0.29, 0.717) is 27.4 Å². The first-order chi connectivity index (χ1) is 24.5. The number of anilines is 2. The monoisotopic (exact) mass is 893 g/mol. The lowest BCUT2D eigenvalue weighted by atomic mass is 9.81. The predicted molar refractivity (Wildman–Crippen MR) is 208 cm³/mol. The highest BCUT2D eigenvalue weighted by atomic mass is 127. The van der Waals surface area contributed by atoms with Crippen LogP contribution in [0.1, 0.15) is 38.8 Å². The number of fused-ring (bicyclic) bond motifs is 4. The lowest BCUT2D eigenvalue weighted by Crippen LogP contribution is -2.30. The number of hydrogen-bond donors (Lipinski definition) is 1. The summed E-state index contributed by atoms with van der Waals surface area (Å²) in [7, 11) is -13.1. The zero-order valence-electron chi connectivity index (χ0n) is 29.3. The van der Waals surface area contributed by atoms with Crippen molar-refractivity contribution in [3.63, 3.8) is 0 Å². The molecule has 3 aromatic rings. The first-order valence-corrected chi connectivity index (χ1v) is 22.0. The van der Waals surface area contributed by atoms with Crippen molar-refractivity contribution in [1.29, 1.82) is 0 Å². The molecule has 2 aliphatic heterocycles. The van der Waals surface area contributed by atoms with E-state index in [2.05, 4.69) is 23.7 Å². The smallest absolute Gasteiger partial charge is 0.234 e. The van der Waals surface area contributed by atoms with E-state index in [-0.39, 0.29) is 28.6 Å². The molecular weight excluding hydrogens is 858 g/mol. The van der Waals surface area contributed by atoms with Crippen LogP contribution < -0.4 is 10.2 Å². The lowest BCUT2D eigenvalue weighted by molar-refractivity contribution is -0.401. The number of allylic oxidation sites excluding steroid dienone is 8. The van der Waals surface area contributed by atoms with Gasteiger partial charge >= 0.3 is 0 Å². The van der Waals surface area contributed by atoms with Crippen LogP contribution in [0.15, 0.2) is 100 Å². The topological polar surface area (TPSA) is 207 Å². The predicted octanol–water partition coefficient (Wildman–Crippen LogP) is 4.92. The van der Waals surface area contributed by atoms with Gasteiger partial charge in [0.2, 0.25) is 11.6 Å². The van der Waals surface area contributed by atoms with E-state index in [0.717, 1.165) is 28.7 Å². The summed E-state index contributed by atoms with van der Waals surface area (Å²) in [5.41, 5.74) is 3.61. The number of nitrogens with zero attached hydrogens (tertiary/aromatic N) is 2. The fraction of sp³-hybridized carbons (Fsp3) is 0.278. The Hall–Kier alpha value is -3.72. The van der Waals surface area contributed by atoms with Crippen LogP contribution in [-0.2, 0) is 46.0 Å². The average Bonchev–Trinajstić information content (AvgIpc) is 3.38. The van der Waals surface area contributed by atoms with Gasteiger partial charge in [0.15, 0.2) is 5.71 Å². The third-order valence-corrected chi connectivity index (χ3v) is 12.5. The molecule has 3 aromatic carbocycles. The van der Waals surface area contributed by atoms with Gasteiger partial charge in [-0.3, -0.25) is 4.79 Å². The molecule has 17 heteroatoms. The van der Waals surface area contributed by atoms with Gasteiger partial charge < -0.3 is 23.9 Å². The normalized spacial score (nSPS) is 17.9. The summed E-state index contributed by atoms with van der Waals surface area (Å²) in [6.07, 6.45) is 12.6. The van der Waals surface area contributed by atoms with Crippen molar-refractivity contribution in [2.24, 2.45) is 0 Å². The largest absolute Gasteiger partial charge is 0.748 e. The highest BCUT2D eigenvalue weighted by Crippen LogP contribution is 2.51. The van der Waals surface area contributed by atoms with Gasteiger partial charge in [-0.15, -0.1) is 0 Å². The zero-order chi connectivity index (χ0) is 39.3. The Bertz CT molecular complexity index is 2540. The second-order valence-corrected chi connectivity index (χ2v) is 18.6. The molecule has 282 valence electrons. The molecule has 0 saturated carbocycles. The molecule has 1 amide bonds. The Morgan fingerprint density at radius 1 is 0.849 bits per heavy atom. The Morgan fingerprint density at radius 2 is 1.51 bits per heavy atom. The van der Waals surface area contributed by atoms with Gasteiger partial charge in [-0.1, -0.05) is 72.9 Å². The molecular formula is C36H36IN3O10S3-2. The lowest BCUT2D eigenvalue weighted by Gasteiger charge is -2.27. The standard InChI is InChI=1S/C36H38IN3O10S3/c1-35(2)27-19-23(38-33(41)22-37)13-15-28(27)39(5)31(35)11-9-7-6-8-10-12-32-36(3,4)34-26-20-24(52(45,46)47)21-30(53(48,49)50)25(26)14-16-29(34)40(32)17-18-51(42,43)44/h6-16,19-21H,17-18,22H2,1-5H3,(H3-,38,41,42,43,44,45,46,47,48,49,50)/p-2. The van der Waals surface area contributed by atoms with Crippen molar-refractivity contribution >= 4 is 92.4 Å². The van der Waals surface area contributed by atoms with Gasteiger partial charge in [0.05, 0.1) is 35.5 Å². The molecule has 5 rings (SSSR count). The molecule has 0 aromatic heterocycles. The first-order valence-electron chi connectivity index (χ1n) is 16.1. The molecule has 13 nitrogen and oxygen atoms in total. The maximum Gasteiger partial charge on any atom is 0.234 e. The molecule has 0 bridgehead atoms. The second-order valence-electron chi connectivity index (χ2n) is 13.6. The highest BCUT2D eigenvalue weighted by Gasteiger charge is 2.43. The summed E-state index contributed by atoms with van der Waals surface area (Å²) in [6.45, 7) is 7.38. The number of rotatable bonds is 11. The van der Waals surface area contributed by atoms with Crippen LogP contribution in [0.4, 0.5) is 17.1 Å². The summed E-state index contributed by atoms with van der Waals surface area (Å²) in [5, 5.41) is 2.80. The van der Waals surface area contributed by atoms with Crippen molar-refractivity contribution in [1.82, 2.24) is 0 Å². The van der Waals surface area contributed by atoms with Gasteiger partial charge in [0.1, 0.15) is 27.3 Å². The summed E-state index contributed by atoms with van der Waals surface area (Å²) in [4.78, 5) is 11.7. The van der Waals surface area contributed by atoms with Crippen molar-refractivity contribution < 1.29 is 48.3 Å². The molecule has 0 atom stereocenters. The number of alkyl halides is 1. The van der Waals surface area contributed by atoms with Crippen LogP contribution in [0.5, 0.6) is 0 Å². The fourth-order valence-electron chi connectivity index (χ4n) is 7.03. The van der Waals surface area contributed by atoms with Crippen molar-refractivity contribution in [2.75, 3.05) is 34.0 Å². The number of nitrogens with one attached hydrogen (secondary N) is 1. The molecule has 2 heterocycles. The molecule has 0 fully saturated rings. The number of halogens is 1. The fourth-order valence-corrected chi connectivity index (χ4v) is 8.94. The molecule has 0 unspecified atom stereocenters. The minimum Gasteiger partial charge on any atom is -0.748 e. The second kappa shape index (κ2) is 14.5. The number of benzene rings is 3. The van der Waals surface area contributed by atoms with E-state index in [1.54, 1.807) is 43.1 Å². The van der Waals surface area contributed by atoms with Gasteiger partial charge in [0, 0.05) is 46.7 Å². The quantitative estimate of drug-likeness (QED) is 0.0899. The first kappa shape index (κ1) is 40.5. The number of hydrogen-bond acceptors (Lipinski definition) is 11. The van der Waals surface area contributed by atoms with E-state index in [1.165, 1.54) is 12.1 Å². The molecule has 0 radical (unpaired) electrons. The van der Waals surface area contributed by atoms with Crippen LogP contribution >= 0.6 is 22.6 Å². The SMILES string of the molecule is C[N+]1=C(C=CC=CC=CC=C2N(CCS(=O)(=O)[O-])c3ccc4c(S(=O)(=O)[O-])cc(S(=O)(=O)[O-])cc4c3C2(C)C)C(C)(C)c2cc(NC(=O)CI)ccc21. The van der Waals surface area contributed by atoms with Crippen LogP contribution in [0.2, 0.25) is 0 Å². The molecule has 0 saturated heterocycles. The molecule has 53 heavy (non-hydrogen) atoms. The summed E-state index contributed by atoms with van der Waals surface area (Å²) in [5.74, 6) is -0.854. The van der Waals surface area contributed by atoms with Crippen LogP contribution in [0.3, 0.4) is 0 Å². The van der Waals surface area contributed by atoms with Crippen molar-refractivity contribution in [3.8, 4) is 0 Å². The van der Waals surface area contributed by atoms with E-state index >= 15 is 0 Å². The van der Waals surface area contributed by atoms with Crippen LogP contribution in [0, 0.1) is 0 Å². The van der Waals surface area contributed by atoms with E-state index in [1.807, 2.05) is 66.1 Å². The molecule has 0 spiro atoms. The maximum atomic E-state index is 12.2. The van der Waals surface area contributed by atoms with Gasteiger partial charge in [-0.05, 0) is 66.6 Å². The van der Waals surface area contributed by atoms with Gasteiger partial charge in [-0.2, -0.15) is 4.58 Å². The van der Waals surface area contributed by atoms with Crippen LogP contribution in [0.25, 0.3) is 10.8 Å². The number of amides is 1. The van der Waals surface area contributed by atoms with Crippen molar-refractivity contribution in [3.05, 3.63) is 102 Å². The molecule has 2 aliphatic rings. The van der Waals surface area contributed by atoms with E-state index < -0.39 is 51.3 Å². The van der Waals surface area contributed by atoms with E-state index in [4.69, 9.17) is 0 Å². The van der Waals surface area contributed by atoms with Gasteiger partial charge in [-0.25, -0.2) is 25.3 Å². The Balaban J connectivity index is 1.48. The Kier molecular flexibility index (Phi) is 11.1. The number of carbonyl (C=O) groups is 1. The minimum absolute atomic E-state index is 0.00677. The third kappa shape index (κ3) is 8.20. The number of carbonyl (C=O) groups excluding carboxylic acids is 1. The Labute approximate surface area is 322 Å². The Morgan fingerprint density at radius 3 is 2.13 bits per heavy atom. The van der Waals surface area contributed by atoms with Crippen LogP contribution in [-0.4, -0.2) is 78.9 Å². The molecule has 0 aliphatic carbocycles. The van der Waals surface area contributed by atoms with Gasteiger partial charge in [0.25, 0.3) is 0 Å². The minimum atomic E-state index is -5.23. The summed E-state index contributed by atoms with van der Waals surface area (Å²) >= 11 is 2.01. The average molecular weight is 894 g/mol. The third-order valence-electron chi connectivity index (χ3n) is 9.41.